The number of hydrogen-bond donors (Lipinski definition) is 1. The van der Waals surface area contributed by atoms with E-state index in [1.807, 2.05) is 67.6 Å². The average Bonchev–Trinajstić information content (AvgIpc) is 3.64. The van der Waals surface area contributed by atoms with E-state index in [0.29, 0.717) is 29.2 Å². The minimum atomic E-state index is -0.896. The number of hydrogen-bond acceptors (Lipinski definition) is 6. The van der Waals surface area contributed by atoms with Gasteiger partial charge in [0.1, 0.15) is 18.1 Å². The van der Waals surface area contributed by atoms with E-state index >= 15 is 0 Å². The number of rotatable bonds is 11. The van der Waals surface area contributed by atoms with E-state index in [2.05, 4.69) is 15.6 Å². The SMILES string of the molecule is CCOc1ccc(C(C(=O)NC2CCCC2)N(Cc2ccccc2)C(=O)Cn2nnc3ccccc32)cc1OC. The van der Waals surface area contributed by atoms with Crippen molar-refractivity contribution in [3.05, 3.63) is 83.9 Å². The lowest BCUT2D eigenvalue weighted by Gasteiger charge is -2.32. The van der Waals surface area contributed by atoms with Crippen LogP contribution in [0.5, 0.6) is 11.5 Å². The molecule has 1 saturated carbocycles. The minimum absolute atomic E-state index is 0.0608. The van der Waals surface area contributed by atoms with Gasteiger partial charge in [0.15, 0.2) is 11.5 Å². The molecule has 208 valence electrons. The molecule has 3 aromatic carbocycles. The van der Waals surface area contributed by atoms with Gasteiger partial charge in [-0.05, 0) is 55.2 Å². The van der Waals surface area contributed by atoms with Crippen molar-refractivity contribution in [3.63, 3.8) is 0 Å². The number of nitrogens with one attached hydrogen (secondary N) is 1. The first-order valence-corrected chi connectivity index (χ1v) is 13.8. The Bertz CT molecular complexity index is 1450. The number of benzene rings is 3. The van der Waals surface area contributed by atoms with Gasteiger partial charge in [0.25, 0.3) is 0 Å². The molecule has 9 nitrogen and oxygen atoms in total. The molecule has 40 heavy (non-hydrogen) atoms. The van der Waals surface area contributed by atoms with E-state index in [1.165, 1.54) is 0 Å². The van der Waals surface area contributed by atoms with Crippen LogP contribution >= 0.6 is 0 Å². The van der Waals surface area contributed by atoms with Gasteiger partial charge >= 0.3 is 0 Å². The van der Waals surface area contributed by atoms with Crippen LogP contribution in [0.1, 0.15) is 49.8 Å². The lowest BCUT2D eigenvalue weighted by molar-refractivity contribution is -0.142. The lowest BCUT2D eigenvalue weighted by Crippen LogP contribution is -2.46. The van der Waals surface area contributed by atoms with Crippen molar-refractivity contribution in [3.8, 4) is 11.5 Å². The standard InChI is InChI=1S/C31H35N5O4/c1-3-40-27-18-17-23(19-28(27)39-2)30(31(38)32-24-13-7-8-14-24)35(20-22-11-5-4-6-12-22)29(37)21-36-26-16-10-9-15-25(26)33-34-36/h4-6,9-12,15-19,24,30H,3,7-8,13-14,20-21H2,1-2H3,(H,32,38). The highest BCUT2D eigenvalue weighted by molar-refractivity contribution is 5.89. The molecule has 1 atom stereocenters. The Labute approximate surface area is 234 Å². The van der Waals surface area contributed by atoms with Gasteiger partial charge in [-0.15, -0.1) is 5.10 Å². The zero-order valence-electron chi connectivity index (χ0n) is 23.0. The molecule has 9 heteroatoms. The van der Waals surface area contributed by atoms with Gasteiger partial charge in [0.05, 0.1) is 19.2 Å². The summed E-state index contributed by atoms with van der Waals surface area (Å²) in [7, 11) is 1.57. The predicted octanol–water partition coefficient (Wildman–Crippen LogP) is 4.67. The second-order valence-electron chi connectivity index (χ2n) is 9.98. The normalized spacial score (nSPS) is 14.2. The molecule has 1 aliphatic carbocycles. The van der Waals surface area contributed by atoms with Crippen LogP contribution in [0, 0.1) is 0 Å². The molecule has 0 radical (unpaired) electrons. The number of carbonyl (C=O) groups is 2. The number of aromatic nitrogens is 3. The predicted molar refractivity (Wildman–Crippen MR) is 152 cm³/mol. The van der Waals surface area contributed by atoms with Crippen molar-refractivity contribution >= 4 is 22.8 Å². The van der Waals surface area contributed by atoms with E-state index in [9.17, 15) is 9.59 Å². The molecular formula is C31H35N5O4. The number of ether oxygens (including phenoxy) is 2. The molecule has 0 bridgehead atoms. The van der Waals surface area contributed by atoms with E-state index < -0.39 is 6.04 Å². The van der Waals surface area contributed by atoms with Gasteiger partial charge in [-0.2, -0.15) is 0 Å². The summed E-state index contributed by atoms with van der Waals surface area (Å²) in [5.41, 5.74) is 3.02. The van der Waals surface area contributed by atoms with Gasteiger partial charge in [-0.1, -0.05) is 66.6 Å². The Kier molecular flexibility index (Phi) is 8.59. The number of amides is 2. The molecule has 1 fully saturated rings. The Morgan fingerprint density at radius 1 is 1.02 bits per heavy atom. The number of carbonyl (C=O) groups excluding carboxylic acids is 2. The van der Waals surface area contributed by atoms with Crippen LogP contribution in [0.25, 0.3) is 11.0 Å². The fraction of sp³-hybridized carbons (Fsp3) is 0.355. The number of methoxy groups -OCH3 is 1. The molecule has 0 aliphatic heterocycles. The topological polar surface area (TPSA) is 98.6 Å². The Hall–Kier alpha value is -4.40. The number of fused-ring (bicyclic) bond motifs is 1. The monoisotopic (exact) mass is 541 g/mol. The molecule has 2 amide bonds. The summed E-state index contributed by atoms with van der Waals surface area (Å²) in [6, 6.07) is 21.8. The lowest BCUT2D eigenvalue weighted by atomic mass is 10.0. The highest BCUT2D eigenvalue weighted by Gasteiger charge is 2.34. The number of nitrogens with zero attached hydrogens (tertiary/aromatic N) is 4. The zero-order chi connectivity index (χ0) is 27.9. The first kappa shape index (κ1) is 27.2. The maximum absolute atomic E-state index is 14.1. The summed E-state index contributed by atoms with van der Waals surface area (Å²) in [5.74, 6) is 0.621. The second-order valence-corrected chi connectivity index (χ2v) is 9.98. The molecule has 1 N–H and O–H groups in total. The fourth-order valence-corrected chi connectivity index (χ4v) is 5.31. The van der Waals surface area contributed by atoms with Crippen molar-refractivity contribution < 1.29 is 19.1 Å². The van der Waals surface area contributed by atoms with Crippen molar-refractivity contribution in [1.82, 2.24) is 25.2 Å². The molecule has 0 spiro atoms. The van der Waals surface area contributed by atoms with Crippen LogP contribution in [-0.2, 0) is 22.7 Å². The Morgan fingerprint density at radius 2 is 1.77 bits per heavy atom. The first-order chi connectivity index (χ1) is 19.6. The molecule has 1 aliphatic rings. The summed E-state index contributed by atoms with van der Waals surface area (Å²) in [6.07, 6.45) is 4.03. The van der Waals surface area contributed by atoms with E-state index in [4.69, 9.17) is 9.47 Å². The van der Waals surface area contributed by atoms with Gasteiger partial charge in [0.2, 0.25) is 11.8 Å². The summed E-state index contributed by atoms with van der Waals surface area (Å²) < 4.78 is 12.9. The Morgan fingerprint density at radius 3 is 2.52 bits per heavy atom. The van der Waals surface area contributed by atoms with Gasteiger partial charge in [0, 0.05) is 12.6 Å². The second kappa shape index (κ2) is 12.6. The number of para-hydroxylation sites is 1. The van der Waals surface area contributed by atoms with Crippen LogP contribution in [-0.4, -0.2) is 51.5 Å². The fourth-order valence-electron chi connectivity index (χ4n) is 5.31. The molecule has 1 aromatic heterocycles. The quantitative estimate of drug-likeness (QED) is 0.296. The van der Waals surface area contributed by atoms with Crippen molar-refractivity contribution in [2.24, 2.45) is 0 Å². The maximum atomic E-state index is 14.1. The first-order valence-electron chi connectivity index (χ1n) is 13.8. The molecule has 0 saturated heterocycles. The smallest absolute Gasteiger partial charge is 0.247 e. The highest BCUT2D eigenvalue weighted by Crippen LogP contribution is 2.34. The third-order valence-corrected chi connectivity index (χ3v) is 7.29. The third-order valence-electron chi connectivity index (χ3n) is 7.29. The van der Waals surface area contributed by atoms with Gasteiger partial charge < -0.3 is 19.7 Å². The van der Waals surface area contributed by atoms with Gasteiger partial charge in [-0.3, -0.25) is 9.59 Å². The van der Waals surface area contributed by atoms with Gasteiger partial charge in [-0.25, -0.2) is 4.68 Å². The van der Waals surface area contributed by atoms with E-state index in [-0.39, 0.29) is 30.9 Å². The largest absolute Gasteiger partial charge is 0.493 e. The van der Waals surface area contributed by atoms with Crippen molar-refractivity contribution in [2.75, 3.05) is 13.7 Å². The van der Waals surface area contributed by atoms with Crippen LogP contribution in [0.15, 0.2) is 72.8 Å². The average molecular weight is 542 g/mol. The molecule has 4 aromatic rings. The highest BCUT2D eigenvalue weighted by atomic mass is 16.5. The maximum Gasteiger partial charge on any atom is 0.247 e. The minimum Gasteiger partial charge on any atom is -0.493 e. The van der Waals surface area contributed by atoms with Crippen LogP contribution in [0.3, 0.4) is 0 Å². The summed E-state index contributed by atoms with van der Waals surface area (Å²) >= 11 is 0. The van der Waals surface area contributed by atoms with Crippen LogP contribution in [0.4, 0.5) is 0 Å². The summed E-state index contributed by atoms with van der Waals surface area (Å²) in [4.78, 5) is 29.8. The van der Waals surface area contributed by atoms with Crippen molar-refractivity contribution in [1.29, 1.82) is 0 Å². The van der Waals surface area contributed by atoms with E-state index in [1.54, 1.807) is 28.8 Å². The van der Waals surface area contributed by atoms with Crippen molar-refractivity contribution in [2.45, 2.75) is 57.8 Å². The molecule has 5 rings (SSSR count). The van der Waals surface area contributed by atoms with E-state index in [0.717, 1.165) is 36.8 Å². The summed E-state index contributed by atoms with van der Waals surface area (Å²) in [5, 5.41) is 11.7. The molecular weight excluding hydrogens is 506 g/mol. The summed E-state index contributed by atoms with van der Waals surface area (Å²) in [6.45, 7) is 2.56. The molecule has 1 heterocycles. The Balaban J connectivity index is 1.55. The van der Waals surface area contributed by atoms with Crippen LogP contribution in [0.2, 0.25) is 0 Å². The third kappa shape index (κ3) is 6.09. The van der Waals surface area contributed by atoms with Crippen LogP contribution < -0.4 is 14.8 Å². The molecule has 1 unspecified atom stereocenters. The zero-order valence-corrected chi connectivity index (χ0v) is 23.0.